The number of fused-ring (bicyclic) bond motifs is 1. The molecular weight excluding hydrogens is 646 g/mol. The van der Waals surface area contributed by atoms with Crippen LogP contribution < -0.4 is 5.73 Å². The molecule has 3 aromatic heterocycles. The number of benzene rings is 2. The third-order valence-electron chi connectivity index (χ3n) is 5.39. The summed E-state index contributed by atoms with van der Waals surface area (Å²) in [5, 5.41) is 3.26. The molecule has 2 aromatic carbocycles. The van der Waals surface area contributed by atoms with Gasteiger partial charge in [-0.3, -0.25) is 9.11 Å². The topological polar surface area (TPSA) is 215 Å². The molecule has 0 unspecified atom stereocenters. The summed E-state index contributed by atoms with van der Waals surface area (Å²) in [6, 6.07) is 13.3. The Kier molecular flexibility index (Phi) is 10.1. The van der Waals surface area contributed by atoms with Crippen LogP contribution in [0.25, 0.3) is 44.9 Å². The van der Waals surface area contributed by atoms with Gasteiger partial charge in [-0.15, -0.1) is 0 Å². The number of nitrogen functional groups attached to an aromatic ring is 1. The number of imidazole rings is 2. The van der Waals surface area contributed by atoms with Crippen LogP contribution in [0.5, 0.6) is 0 Å². The quantitative estimate of drug-likeness (QED) is 0.195. The smallest absolute Gasteiger partial charge is 0.261 e. The first-order chi connectivity index (χ1) is 19.8. The molecule has 0 fully saturated rings. The minimum atomic E-state index is -3.73. The Morgan fingerprint density at radius 2 is 1.44 bits per heavy atom. The van der Waals surface area contributed by atoms with Crippen LogP contribution in [-0.4, -0.2) is 71.0 Å². The fourth-order valence-corrected chi connectivity index (χ4v) is 5.43. The molecule has 18 heteroatoms. The van der Waals surface area contributed by atoms with Crippen molar-refractivity contribution >= 4 is 58.6 Å². The lowest BCUT2D eigenvalue weighted by atomic mass is 10.0. The number of hydrogen-bond donors (Lipinski definition) is 4. The summed E-state index contributed by atoms with van der Waals surface area (Å²) >= 11 is 1.55. The molecule has 0 spiro atoms. The molecule has 0 aliphatic rings. The average molecular weight is 674 g/mol. The molecule has 5 rings (SSSR count). The van der Waals surface area contributed by atoms with Crippen LogP contribution in [0.4, 0.5) is 10.3 Å². The summed E-state index contributed by atoms with van der Waals surface area (Å²) in [5.41, 5.74) is 10.5. The predicted molar refractivity (Wildman–Crippen MR) is 165 cm³/mol. The minimum absolute atomic E-state index is 0.0874. The number of halogens is 1. The largest absolute Gasteiger partial charge is 0.368 e. The highest BCUT2D eigenvalue weighted by Crippen LogP contribution is 2.35. The van der Waals surface area contributed by atoms with Crippen LogP contribution in [0.15, 0.2) is 59.3 Å². The number of nitrogens with two attached hydrogens (primary N) is 1. The molecule has 0 amide bonds. The van der Waals surface area contributed by atoms with Gasteiger partial charge in [0.25, 0.3) is 20.2 Å². The van der Waals surface area contributed by atoms with Crippen molar-refractivity contribution in [2.75, 3.05) is 18.2 Å². The summed E-state index contributed by atoms with van der Waals surface area (Å²) < 4.78 is 92.3. The molecule has 5 N–H and O–H groups in total. The van der Waals surface area contributed by atoms with Gasteiger partial charge >= 0.3 is 0 Å². The van der Waals surface area contributed by atoms with Crippen LogP contribution in [0.3, 0.4) is 0 Å². The second kappa shape index (κ2) is 12.9. The molecule has 5 aromatic rings. The van der Waals surface area contributed by atoms with Gasteiger partial charge in [0.05, 0.1) is 40.2 Å². The van der Waals surface area contributed by atoms with Crippen LogP contribution in [-0.2, 0) is 30.3 Å². The fourth-order valence-electron chi connectivity index (χ4n) is 3.64. The zero-order valence-electron chi connectivity index (χ0n) is 23.1. The average Bonchev–Trinajstić information content (AvgIpc) is 3.60. The molecule has 3 heterocycles. The molecular formula is C25H28FN5O8S4. The van der Waals surface area contributed by atoms with Crippen molar-refractivity contribution in [1.82, 2.24) is 18.9 Å². The highest BCUT2D eigenvalue weighted by Gasteiger charge is 2.25. The van der Waals surface area contributed by atoms with Crippen molar-refractivity contribution in [3.63, 3.8) is 0 Å². The molecule has 0 atom stereocenters. The first-order valence-corrected chi connectivity index (χ1v) is 18.2. The number of rotatable bonds is 5. The molecule has 0 aliphatic heterocycles. The Hall–Kier alpha value is -3.68. The lowest BCUT2D eigenvalue weighted by molar-refractivity contribution is 0.488. The second-order valence-corrected chi connectivity index (χ2v) is 15.4. The van der Waals surface area contributed by atoms with Gasteiger partial charge in [0.1, 0.15) is 11.6 Å². The number of hydrogen-bond acceptors (Lipinski definition) is 10. The Bertz CT molecular complexity index is 2010. The number of H-pyrrole nitrogens is 1. The highest BCUT2D eigenvalue weighted by molar-refractivity contribution is 7.90. The Morgan fingerprint density at radius 1 is 0.884 bits per heavy atom. The van der Waals surface area contributed by atoms with Gasteiger partial charge in [0.15, 0.2) is 0 Å². The Labute approximate surface area is 251 Å². The van der Waals surface area contributed by atoms with Crippen molar-refractivity contribution in [3.8, 4) is 33.9 Å². The van der Waals surface area contributed by atoms with E-state index in [0.29, 0.717) is 46.3 Å². The van der Waals surface area contributed by atoms with Gasteiger partial charge in [-0.25, -0.2) is 26.7 Å². The van der Waals surface area contributed by atoms with E-state index in [1.165, 1.54) is 12.1 Å². The third kappa shape index (κ3) is 9.15. The van der Waals surface area contributed by atoms with Crippen LogP contribution >= 0.6 is 11.3 Å². The van der Waals surface area contributed by atoms with E-state index in [1.54, 1.807) is 49.4 Å². The summed E-state index contributed by atoms with van der Waals surface area (Å²) in [6.07, 6.45) is 1.43. The molecule has 13 nitrogen and oxygen atoms in total. The SMILES string of the molecule is CC(C)S(=O)(=O)n1c(N)nc2ccc(-c3nc(-c4ccsc4)[nH]c3-c3ccc(F)cc3)cc21.CS(=O)(=O)O.CS(=O)(=O)O. The van der Waals surface area contributed by atoms with Gasteiger partial charge in [0.2, 0.25) is 16.0 Å². The fraction of sp³-hybridized carbons (Fsp3) is 0.200. The van der Waals surface area contributed by atoms with Crippen LogP contribution in [0.2, 0.25) is 0 Å². The van der Waals surface area contributed by atoms with E-state index in [4.69, 9.17) is 19.8 Å². The number of anilines is 1. The third-order valence-corrected chi connectivity index (χ3v) is 8.16. The standard InChI is InChI=1S/C23H20FN5O2S2.2CH4O3S/c1-13(2)33(30,31)29-19-11-15(5-8-18(19)26-23(29)25)21-20(14-3-6-17(24)7-4-14)27-22(28-21)16-9-10-32-12-16;2*1-5(2,3)4/h3-13H,1-2H3,(H2,25,26)(H,27,28);2*1H3,(H,2,3,4). The van der Waals surface area contributed by atoms with E-state index in [-0.39, 0.29) is 11.8 Å². The first-order valence-electron chi connectivity index (χ1n) is 12.0. The van der Waals surface area contributed by atoms with E-state index in [1.807, 2.05) is 22.9 Å². The Balaban J connectivity index is 0.000000440. The Morgan fingerprint density at radius 3 is 1.95 bits per heavy atom. The van der Waals surface area contributed by atoms with Crippen LogP contribution in [0.1, 0.15) is 13.8 Å². The van der Waals surface area contributed by atoms with Gasteiger partial charge in [-0.2, -0.15) is 28.2 Å². The van der Waals surface area contributed by atoms with E-state index in [0.717, 1.165) is 15.1 Å². The maximum absolute atomic E-state index is 13.5. The molecule has 0 saturated heterocycles. The summed E-state index contributed by atoms with van der Waals surface area (Å²) in [4.78, 5) is 12.4. The van der Waals surface area contributed by atoms with E-state index >= 15 is 0 Å². The van der Waals surface area contributed by atoms with Gasteiger partial charge in [0, 0.05) is 22.1 Å². The van der Waals surface area contributed by atoms with Crippen LogP contribution in [0, 0.1) is 5.82 Å². The van der Waals surface area contributed by atoms with E-state index in [2.05, 4.69) is 9.97 Å². The zero-order valence-corrected chi connectivity index (χ0v) is 26.4. The molecule has 0 bridgehead atoms. The molecule has 0 radical (unpaired) electrons. The molecule has 232 valence electrons. The highest BCUT2D eigenvalue weighted by atomic mass is 32.2. The number of nitrogens with one attached hydrogen (secondary N) is 1. The number of thiophene rings is 1. The summed E-state index contributed by atoms with van der Waals surface area (Å²) in [6.45, 7) is 3.19. The minimum Gasteiger partial charge on any atom is -0.368 e. The van der Waals surface area contributed by atoms with Crippen molar-refractivity contribution in [1.29, 1.82) is 0 Å². The van der Waals surface area contributed by atoms with Gasteiger partial charge in [-0.1, -0.05) is 6.07 Å². The monoisotopic (exact) mass is 673 g/mol. The lowest BCUT2D eigenvalue weighted by Gasteiger charge is -2.11. The van der Waals surface area contributed by atoms with Crippen molar-refractivity contribution < 1.29 is 38.7 Å². The molecule has 0 aliphatic carbocycles. The zero-order chi connectivity index (χ0) is 32.3. The maximum atomic E-state index is 13.5. The van der Waals surface area contributed by atoms with Gasteiger partial charge < -0.3 is 10.7 Å². The number of aromatic nitrogens is 4. The van der Waals surface area contributed by atoms with Crippen molar-refractivity contribution in [3.05, 3.63) is 65.1 Å². The predicted octanol–water partition coefficient (Wildman–Crippen LogP) is 4.14. The van der Waals surface area contributed by atoms with Crippen molar-refractivity contribution in [2.24, 2.45) is 0 Å². The summed E-state index contributed by atoms with van der Waals surface area (Å²) in [5.74, 6) is 0.238. The molecule has 43 heavy (non-hydrogen) atoms. The van der Waals surface area contributed by atoms with E-state index < -0.39 is 35.5 Å². The number of aromatic amines is 1. The lowest BCUT2D eigenvalue weighted by Crippen LogP contribution is -2.23. The molecule has 0 saturated carbocycles. The second-order valence-electron chi connectivity index (χ2n) is 9.33. The number of nitrogens with zero attached hydrogens (tertiary/aromatic N) is 3. The van der Waals surface area contributed by atoms with E-state index in [9.17, 15) is 29.6 Å². The normalized spacial score (nSPS) is 12.0. The first kappa shape index (κ1) is 33.8. The summed E-state index contributed by atoms with van der Waals surface area (Å²) in [7, 11) is -11.1. The van der Waals surface area contributed by atoms with Gasteiger partial charge in [-0.05, 0) is 61.7 Å². The maximum Gasteiger partial charge on any atom is 0.261 e. The van der Waals surface area contributed by atoms with Crippen molar-refractivity contribution in [2.45, 2.75) is 19.1 Å².